The molecule has 0 aromatic carbocycles. The Labute approximate surface area is 174 Å². The van der Waals surface area contributed by atoms with Gasteiger partial charge in [0.15, 0.2) is 5.76 Å². The normalized spacial score (nSPS) is 21.2. The van der Waals surface area contributed by atoms with E-state index in [4.69, 9.17) is 8.83 Å². The number of fused-ring (bicyclic) bond motifs is 1. The molecule has 1 saturated heterocycles. The fraction of sp³-hybridized carbons (Fsp3) is 0.571. The van der Waals surface area contributed by atoms with Crippen LogP contribution in [0.1, 0.15) is 51.3 Å². The topological polar surface area (TPSA) is 110 Å². The molecule has 2 aliphatic rings. The van der Waals surface area contributed by atoms with E-state index in [1.54, 1.807) is 17.0 Å². The standard InChI is InChI=1S/C21H26N4O5/c1-2-10-24(13-17-22-23-19(30-17)16-8-5-12-29-16)18(26)9-11-25-20(27)14-6-3-4-7-15(14)21(25)28/h5,8,12,14-15H,2-4,6-7,9-11,13H2,1H3/t14-,15-/m0/s1. The van der Waals surface area contributed by atoms with Gasteiger partial charge in [-0.2, -0.15) is 0 Å². The Kier molecular flexibility index (Phi) is 5.96. The van der Waals surface area contributed by atoms with Crippen LogP contribution in [-0.2, 0) is 20.9 Å². The maximum atomic E-state index is 12.8. The van der Waals surface area contributed by atoms with Gasteiger partial charge in [0.1, 0.15) is 0 Å². The quantitative estimate of drug-likeness (QED) is 0.611. The van der Waals surface area contributed by atoms with E-state index in [0.717, 1.165) is 32.1 Å². The highest BCUT2D eigenvalue weighted by Gasteiger charge is 2.47. The van der Waals surface area contributed by atoms with Gasteiger partial charge in [-0.1, -0.05) is 19.8 Å². The first-order valence-corrected chi connectivity index (χ1v) is 10.6. The van der Waals surface area contributed by atoms with Crippen molar-refractivity contribution in [3.63, 3.8) is 0 Å². The lowest BCUT2D eigenvalue weighted by Crippen LogP contribution is -2.37. The van der Waals surface area contributed by atoms with Gasteiger partial charge >= 0.3 is 0 Å². The maximum Gasteiger partial charge on any atom is 0.283 e. The van der Waals surface area contributed by atoms with Gasteiger partial charge in [-0.3, -0.25) is 19.3 Å². The average molecular weight is 414 g/mol. The van der Waals surface area contributed by atoms with Crippen molar-refractivity contribution in [2.45, 2.75) is 52.0 Å². The Bertz CT molecular complexity index is 882. The number of nitrogens with zero attached hydrogens (tertiary/aromatic N) is 4. The van der Waals surface area contributed by atoms with Crippen molar-refractivity contribution in [3.05, 3.63) is 24.3 Å². The average Bonchev–Trinajstić information content (AvgIpc) is 3.48. The van der Waals surface area contributed by atoms with Gasteiger partial charge in [-0.15, -0.1) is 10.2 Å². The minimum atomic E-state index is -0.188. The fourth-order valence-corrected chi connectivity index (χ4v) is 4.36. The van der Waals surface area contributed by atoms with Gasteiger partial charge in [0.05, 0.1) is 24.6 Å². The van der Waals surface area contributed by atoms with E-state index in [1.807, 2.05) is 6.92 Å². The van der Waals surface area contributed by atoms with Crippen LogP contribution >= 0.6 is 0 Å². The number of rotatable bonds is 8. The molecule has 2 aromatic heterocycles. The van der Waals surface area contributed by atoms with Crippen LogP contribution in [0.4, 0.5) is 0 Å². The second kappa shape index (κ2) is 8.81. The molecule has 1 saturated carbocycles. The van der Waals surface area contributed by atoms with Crippen LogP contribution in [0.3, 0.4) is 0 Å². The van der Waals surface area contributed by atoms with E-state index in [0.29, 0.717) is 18.2 Å². The number of furan rings is 1. The molecule has 1 aliphatic carbocycles. The van der Waals surface area contributed by atoms with Crippen molar-refractivity contribution in [1.29, 1.82) is 0 Å². The van der Waals surface area contributed by atoms with Crippen molar-refractivity contribution in [1.82, 2.24) is 20.0 Å². The Balaban J connectivity index is 1.37. The molecule has 0 radical (unpaired) electrons. The lowest BCUT2D eigenvalue weighted by Gasteiger charge is -2.22. The lowest BCUT2D eigenvalue weighted by atomic mass is 9.81. The largest absolute Gasteiger partial charge is 0.459 e. The number of carbonyl (C=O) groups is 3. The van der Waals surface area contributed by atoms with Crippen molar-refractivity contribution in [2.24, 2.45) is 11.8 Å². The lowest BCUT2D eigenvalue weighted by molar-refractivity contribution is -0.141. The van der Waals surface area contributed by atoms with Crippen LogP contribution in [0.2, 0.25) is 0 Å². The summed E-state index contributed by atoms with van der Waals surface area (Å²) in [5.41, 5.74) is 0. The number of likely N-dealkylation sites (tertiary alicyclic amines) is 1. The molecule has 2 fully saturated rings. The highest BCUT2D eigenvalue weighted by molar-refractivity contribution is 6.05. The molecule has 0 unspecified atom stereocenters. The second-order valence-corrected chi connectivity index (χ2v) is 7.87. The monoisotopic (exact) mass is 414 g/mol. The third kappa shape index (κ3) is 4.01. The van der Waals surface area contributed by atoms with Gasteiger partial charge in [0.2, 0.25) is 23.6 Å². The van der Waals surface area contributed by atoms with Crippen molar-refractivity contribution < 1.29 is 23.2 Å². The summed E-state index contributed by atoms with van der Waals surface area (Å²) in [7, 11) is 0. The van der Waals surface area contributed by atoms with E-state index in [1.165, 1.54) is 11.2 Å². The second-order valence-electron chi connectivity index (χ2n) is 7.87. The van der Waals surface area contributed by atoms with Gasteiger partial charge in [-0.25, -0.2) is 0 Å². The molecule has 0 spiro atoms. The predicted molar refractivity (Wildman–Crippen MR) is 104 cm³/mol. The van der Waals surface area contributed by atoms with E-state index in [2.05, 4.69) is 10.2 Å². The molecule has 0 bridgehead atoms. The van der Waals surface area contributed by atoms with Crippen LogP contribution in [0.25, 0.3) is 11.7 Å². The molecular formula is C21H26N4O5. The smallest absolute Gasteiger partial charge is 0.283 e. The summed E-state index contributed by atoms with van der Waals surface area (Å²) in [6, 6.07) is 3.44. The van der Waals surface area contributed by atoms with Gasteiger partial charge in [0, 0.05) is 19.5 Å². The van der Waals surface area contributed by atoms with Gasteiger partial charge in [-0.05, 0) is 31.4 Å². The zero-order valence-corrected chi connectivity index (χ0v) is 17.1. The Morgan fingerprint density at radius 2 is 1.93 bits per heavy atom. The molecule has 2 aromatic rings. The summed E-state index contributed by atoms with van der Waals surface area (Å²) in [5.74, 6) is 0.286. The summed E-state index contributed by atoms with van der Waals surface area (Å²) in [6.07, 6.45) is 5.90. The number of hydrogen-bond donors (Lipinski definition) is 0. The molecule has 9 nitrogen and oxygen atoms in total. The number of imide groups is 1. The number of hydrogen-bond acceptors (Lipinski definition) is 7. The first-order chi connectivity index (χ1) is 14.6. The molecule has 3 amide bonds. The Morgan fingerprint density at radius 1 is 1.20 bits per heavy atom. The van der Waals surface area contributed by atoms with Gasteiger partial charge in [0.25, 0.3) is 5.89 Å². The van der Waals surface area contributed by atoms with Crippen LogP contribution < -0.4 is 0 Å². The summed E-state index contributed by atoms with van der Waals surface area (Å²) in [5, 5.41) is 7.95. The third-order valence-corrected chi connectivity index (χ3v) is 5.85. The predicted octanol–water partition coefficient (Wildman–Crippen LogP) is 2.63. The van der Waals surface area contributed by atoms with Crippen molar-refractivity contribution >= 4 is 17.7 Å². The summed E-state index contributed by atoms with van der Waals surface area (Å²) in [4.78, 5) is 40.9. The molecule has 2 atom stereocenters. The van der Waals surface area contributed by atoms with Crippen LogP contribution in [-0.4, -0.2) is 50.8 Å². The highest BCUT2D eigenvalue weighted by Crippen LogP contribution is 2.38. The summed E-state index contributed by atoms with van der Waals surface area (Å²) < 4.78 is 10.8. The fourth-order valence-electron chi connectivity index (χ4n) is 4.36. The number of amides is 3. The van der Waals surface area contributed by atoms with Crippen LogP contribution in [0.5, 0.6) is 0 Å². The van der Waals surface area contributed by atoms with Crippen molar-refractivity contribution in [2.75, 3.05) is 13.1 Å². The van der Waals surface area contributed by atoms with Crippen LogP contribution in [0, 0.1) is 11.8 Å². The SMILES string of the molecule is CCCN(Cc1nnc(-c2ccco2)o1)C(=O)CCN1C(=O)[C@H]2CCCC[C@@H]2C1=O. The molecule has 3 heterocycles. The maximum absolute atomic E-state index is 12.8. The zero-order valence-electron chi connectivity index (χ0n) is 17.1. The number of carbonyl (C=O) groups excluding carboxylic acids is 3. The molecule has 30 heavy (non-hydrogen) atoms. The molecule has 1 aliphatic heterocycles. The van der Waals surface area contributed by atoms with Gasteiger partial charge < -0.3 is 13.7 Å². The summed E-state index contributed by atoms with van der Waals surface area (Å²) in [6.45, 7) is 2.80. The zero-order chi connectivity index (χ0) is 21.1. The summed E-state index contributed by atoms with van der Waals surface area (Å²) >= 11 is 0. The first-order valence-electron chi connectivity index (χ1n) is 10.6. The Hall–Kier alpha value is -2.97. The molecule has 4 rings (SSSR count). The van der Waals surface area contributed by atoms with E-state index in [9.17, 15) is 14.4 Å². The van der Waals surface area contributed by atoms with E-state index < -0.39 is 0 Å². The Morgan fingerprint density at radius 3 is 2.57 bits per heavy atom. The highest BCUT2D eigenvalue weighted by atomic mass is 16.4. The third-order valence-electron chi connectivity index (χ3n) is 5.85. The van der Waals surface area contributed by atoms with Crippen LogP contribution in [0.15, 0.2) is 27.2 Å². The first kappa shape index (κ1) is 20.3. The van der Waals surface area contributed by atoms with Crippen molar-refractivity contribution in [3.8, 4) is 11.7 Å². The van der Waals surface area contributed by atoms with E-state index in [-0.39, 0.29) is 55.0 Å². The molecular weight excluding hydrogens is 388 g/mol. The number of aromatic nitrogens is 2. The molecule has 9 heteroatoms. The van der Waals surface area contributed by atoms with E-state index >= 15 is 0 Å². The molecule has 0 N–H and O–H groups in total. The minimum absolute atomic E-state index is 0.0934. The minimum Gasteiger partial charge on any atom is -0.459 e. The molecule has 160 valence electrons.